The fraction of sp³-hybridized carbons (Fsp3) is 0.474. The Morgan fingerprint density at radius 2 is 2.25 bits per heavy atom. The largest absolute Gasteiger partial charge is 0.377 e. The predicted molar refractivity (Wildman–Crippen MR) is 107 cm³/mol. The van der Waals surface area contributed by atoms with Crippen molar-refractivity contribution in [1.29, 1.82) is 0 Å². The van der Waals surface area contributed by atoms with Crippen molar-refractivity contribution >= 4 is 17.0 Å². The molecule has 3 heterocycles. The van der Waals surface area contributed by atoms with Crippen LogP contribution in [0.3, 0.4) is 0 Å². The van der Waals surface area contributed by atoms with Crippen LogP contribution in [0.4, 0.5) is 0 Å². The van der Waals surface area contributed by atoms with E-state index in [1.165, 1.54) is 0 Å². The summed E-state index contributed by atoms with van der Waals surface area (Å²) >= 11 is 0. The van der Waals surface area contributed by atoms with Crippen LogP contribution in [0.15, 0.2) is 29.3 Å². The average Bonchev–Trinajstić information content (AvgIpc) is 3.30. The number of para-hydroxylation sites is 2. The fourth-order valence-electron chi connectivity index (χ4n) is 3.48. The number of hydrogen-bond donors (Lipinski definition) is 3. The molecule has 0 saturated heterocycles. The Morgan fingerprint density at radius 1 is 1.36 bits per heavy atom. The normalized spacial score (nSPS) is 16.9. The number of methoxy groups -OCH3 is 1. The maximum absolute atomic E-state index is 5.12. The van der Waals surface area contributed by atoms with Gasteiger partial charge < -0.3 is 20.4 Å². The Bertz CT molecular complexity index is 927. The standard InChI is InChI=1S/C19H26N8O/c1-20-19(21-10-9-16-23-14-5-3-4-6-15(14)24-16)22-13-7-8-18-25-17(12-28-2)26-27(18)11-13/h3-6,13H,7-12H2,1-2H3,(H,23,24)(H2,20,21,22). The highest BCUT2D eigenvalue weighted by atomic mass is 16.5. The van der Waals surface area contributed by atoms with Crippen LogP contribution in [-0.4, -0.2) is 57.4 Å². The highest BCUT2D eigenvalue weighted by molar-refractivity contribution is 5.80. The monoisotopic (exact) mass is 382 g/mol. The third-order valence-electron chi connectivity index (χ3n) is 4.83. The summed E-state index contributed by atoms with van der Waals surface area (Å²) < 4.78 is 7.09. The molecule has 0 radical (unpaired) electrons. The molecule has 0 fully saturated rings. The molecule has 3 aromatic rings. The summed E-state index contributed by atoms with van der Waals surface area (Å²) in [4.78, 5) is 16.8. The molecule has 9 nitrogen and oxygen atoms in total. The van der Waals surface area contributed by atoms with Crippen LogP contribution in [0.25, 0.3) is 11.0 Å². The van der Waals surface area contributed by atoms with Gasteiger partial charge in [-0.1, -0.05) is 12.1 Å². The van der Waals surface area contributed by atoms with Crippen molar-refractivity contribution in [3.63, 3.8) is 0 Å². The van der Waals surface area contributed by atoms with Gasteiger partial charge in [-0.05, 0) is 18.6 Å². The fourth-order valence-corrected chi connectivity index (χ4v) is 3.48. The number of guanidine groups is 1. The molecule has 1 aliphatic heterocycles. The van der Waals surface area contributed by atoms with Crippen molar-refractivity contribution in [3.8, 4) is 0 Å². The van der Waals surface area contributed by atoms with Crippen LogP contribution in [0.2, 0.25) is 0 Å². The van der Waals surface area contributed by atoms with E-state index in [1.807, 2.05) is 28.9 Å². The Balaban J connectivity index is 1.28. The smallest absolute Gasteiger partial charge is 0.191 e. The lowest BCUT2D eigenvalue weighted by Gasteiger charge is -2.25. The van der Waals surface area contributed by atoms with Crippen LogP contribution >= 0.6 is 0 Å². The number of aromatic amines is 1. The van der Waals surface area contributed by atoms with E-state index >= 15 is 0 Å². The van der Waals surface area contributed by atoms with Crippen molar-refractivity contribution in [2.45, 2.75) is 38.5 Å². The number of rotatable bonds is 6. The first-order valence-corrected chi connectivity index (χ1v) is 9.57. The molecule has 3 N–H and O–H groups in total. The van der Waals surface area contributed by atoms with Gasteiger partial charge >= 0.3 is 0 Å². The molecular formula is C19H26N8O. The van der Waals surface area contributed by atoms with E-state index in [2.05, 4.69) is 35.7 Å². The average molecular weight is 382 g/mol. The molecule has 28 heavy (non-hydrogen) atoms. The zero-order valence-corrected chi connectivity index (χ0v) is 16.3. The Labute approximate surface area is 163 Å². The number of hydrogen-bond acceptors (Lipinski definition) is 5. The molecule has 0 spiro atoms. The molecule has 9 heteroatoms. The van der Waals surface area contributed by atoms with Gasteiger partial charge in [-0.15, -0.1) is 0 Å². The van der Waals surface area contributed by atoms with Crippen LogP contribution in [-0.2, 0) is 30.7 Å². The lowest BCUT2D eigenvalue weighted by molar-refractivity contribution is 0.177. The Morgan fingerprint density at radius 3 is 3.07 bits per heavy atom. The van der Waals surface area contributed by atoms with E-state index < -0.39 is 0 Å². The first-order chi connectivity index (χ1) is 13.7. The molecule has 1 atom stereocenters. The number of aliphatic imine (C=N–C) groups is 1. The van der Waals surface area contributed by atoms with Gasteiger partial charge in [0.05, 0.1) is 17.6 Å². The van der Waals surface area contributed by atoms with E-state index in [1.54, 1.807) is 14.2 Å². The summed E-state index contributed by atoms with van der Waals surface area (Å²) in [5.41, 5.74) is 2.07. The third-order valence-corrected chi connectivity index (χ3v) is 4.83. The number of aromatic nitrogens is 5. The molecule has 2 aromatic heterocycles. The van der Waals surface area contributed by atoms with Gasteiger partial charge in [-0.2, -0.15) is 5.10 Å². The quantitative estimate of drug-likeness (QED) is 0.434. The molecule has 148 valence electrons. The highest BCUT2D eigenvalue weighted by Crippen LogP contribution is 2.13. The Hall–Kier alpha value is -2.94. The van der Waals surface area contributed by atoms with E-state index in [-0.39, 0.29) is 6.04 Å². The number of ether oxygens (including phenoxy) is 1. The highest BCUT2D eigenvalue weighted by Gasteiger charge is 2.22. The van der Waals surface area contributed by atoms with Crippen molar-refractivity contribution in [2.75, 3.05) is 20.7 Å². The molecule has 0 aliphatic carbocycles. The topological polar surface area (TPSA) is 105 Å². The number of nitrogens with one attached hydrogen (secondary N) is 3. The second-order valence-electron chi connectivity index (χ2n) is 6.89. The van der Waals surface area contributed by atoms with Gasteiger partial charge in [0.15, 0.2) is 11.8 Å². The van der Waals surface area contributed by atoms with Gasteiger partial charge in [-0.25, -0.2) is 14.6 Å². The molecule has 1 aliphatic rings. The van der Waals surface area contributed by atoms with Crippen molar-refractivity contribution in [3.05, 3.63) is 41.7 Å². The lowest BCUT2D eigenvalue weighted by Crippen LogP contribution is -2.47. The van der Waals surface area contributed by atoms with Gasteiger partial charge in [0.1, 0.15) is 18.3 Å². The molecule has 0 amide bonds. The number of H-pyrrole nitrogens is 1. The number of fused-ring (bicyclic) bond motifs is 2. The minimum Gasteiger partial charge on any atom is -0.377 e. The summed E-state index contributed by atoms with van der Waals surface area (Å²) in [5.74, 6) is 3.53. The predicted octanol–water partition coefficient (Wildman–Crippen LogP) is 1.02. The molecule has 4 rings (SSSR count). The summed E-state index contributed by atoms with van der Waals surface area (Å²) in [6.45, 7) is 1.97. The van der Waals surface area contributed by atoms with E-state index in [9.17, 15) is 0 Å². The number of nitrogens with zero attached hydrogens (tertiary/aromatic N) is 5. The SMILES string of the molecule is CN=C(NCCc1nc2ccccc2[nH]1)NC1CCc2nc(COC)nn2C1. The van der Waals surface area contributed by atoms with Gasteiger partial charge in [0.25, 0.3) is 0 Å². The van der Waals surface area contributed by atoms with E-state index in [0.29, 0.717) is 6.61 Å². The van der Waals surface area contributed by atoms with Crippen molar-refractivity contribution in [2.24, 2.45) is 4.99 Å². The second-order valence-corrected chi connectivity index (χ2v) is 6.89. The van der Waals surface area contributed by atoms with E-state index in [4.69, 9.17) is 4.74 Å². The summed E-state index contributed by atoms with van der Waals surface area (Å²) in [6.07, 6.45) is 2.69. The summed E-state index contributed by atoms with van der Waals surface area (Å²) in [7, 11) is 3.45. The van der Waals surface area contributed by atoms with Crippen LogP contribution < -0.4 is 10.6 Å². The second kappa shape index (κ2) is 8.39. The number of imidazole rings is 1. The van der Waals surface area contributed by atoms with E-state index in [0.717, 1.165) is 66.8 Å². The summed E-state index contributed by atoms with van der Waals surface area (Å²) in [5, 5.41) is 11.4. The number of benzene rings is 1. The number of aryl methyl sites for hydroxylation is 1. The molecule has 1 aromatic carbocycles. The van der Waals surface area contributed by atoms with Gasteiger partial charge in [0.2, 0.25) is 0 Å². The minimum atomic E-state index is 0.266. The molecule has 0 bridgehead atoms. The lowest BCUT2D eigenvalue weighted by atomic mass is 10.1. The molecule has 0 saturated carbocycles. The van der Waals surface area contributed by atoms with Crippen LogP contribution in [0, 0.1) is 0 Å². The summed E-state index contributed by atoms with van der Waals surface area (Å²) in [6, 6.07) is 8.33. The van der Waals surface area contributed by atoms with Gasteiger partial charge in [-0.3, -0.25) is 4.99 Å². The first-order valence-electron chi connectivity index (χ1n) is 9.57. The van der Waals surface area contributed by atoms with Crippen LogP contribution in [0.1, 0.15) is 23.9 Å². The molecule has 1 unspecified atom stereocenters. The molecular weight excluding hydrogens is 356 g/mol. The van der Waals surface area contributed by atoms with Crippen molar-refractivity contribution < 1.29 is 4.74 Å². The maximum Gasteiger partial charge on any atom is 0.191 e. The third kappa shape index (κ3) is 4.14. The zero-order valence-electron chi connectivity index (χ0n) is 16.3. The van der Waals surface area contributed by atoms with Crippen molar-refractivity contribution in [1.82, 2.24) is 35.4 Å². The zero-order chi connectivity index (χ0) is 19.3. The maximum atomic E-state index is 5.12. The first kappa shape index (κ1) is 18.4. The Kier molecular flexibility index (Phi) is 5.52. The minimum absolute atomic E-state index is 0.266. The van der Waals surface area contributed by atoms with Gasteiger partial charge in [0, 0.05) is 39.6 Å². The van der Waals surface area contributed by atoms with Crippen LogP contribution in [0.5, 0.6) is 0 Å².